The van der Waals surface area contributed by atoms with Gasteiger partial charge in [0.05, 0.1) is 5.69 Å². The van der Waals surface area contributed by atoms with Gasteiger partial charge >= 0.3 is 12.1 Å². The minimum Gasteiger partial charge on any atom is -0.303 e. The third kappa shape index (κ3) is 3.71. The highest BCUT2D eigenvalue weighted by molar-refractivity contribution is 5.94. The average molecular weight is 361 g/mol. The van der Waals surface area contributed by atoms with Crippen LogP contribution in [0.5, 0.6) is 0 Å². The van der Waals surface area contributed by atoms with Crippen LogP contribution in [-0.4, -0.2) is 31.8 Å². The monoisotopic (exact) mass is 361 g/mol. The van der Waals surface area contributed by atoms with Gasteiger partial charge in [0, 0.05) is 23.0 Å². The molecule has 0 bridgehead atoms. The molecule has 0 saturated heterocycles. The number of carbonyl (C=O) groups excluding carboxylic acids is 1. The number of carbonyl (C=O) groups is 1. The molecule has 0 spiro atoms. The van der Waals surface area contributed by atoms with Crippen LogP contribution in [-0.2, 0) is 4.79 Å². The molecule has 0 saturated carbocycles. The van der Waals surface area contributed by atoms with E-state index in [2.05, 4.69) is 15.1 Å². The fourth-order valence-corrected chi connectivity index (χ4v) is 2.36. The van der Waals surface area contributed by atoms with Crippen LogP contribution in [0.4, 0.5) is 19.0 Å². The quantitative estimate of drug-likeness (QED) is 0.776. The van der Waals surface area contributed by atoms with Crippen LogP contribution < -0.4 is 5.32 Å². The Morgan fingerprint density at radius 3 is 2.23 bits per heavy atom. The van der Waals surface area contributed by atoms with Crippen molar-refractivity contribution in [2.45, 2.75) is 20.0 Å². The highest BCUT2D eigenvalue weighted by Crippen LogP contribution is 2.25. The van der Waals surface area contributed by atoms with Gasteiger partial charge in [0.25, 0.3) is 5.95 Å². The number of nitrogens with zero attached hydrogens (tertiary/aromatic N) is 4. The zero-order chi connectivity index (χ0) is 18.9. The molecule has 9 heteroatoms. The van der Waals surface area contributed by atoms with Crippen LogP contribution in [0.1, 0.15) is 11.4 Å². The fourth-order valence-electron chi connectivity index (χ4n) is 2.36. The topological polar surface area (TPSA) is 72.7 Å². The van der Waals surface area contributed by atoms with E-state index < -0.39 is 12.1 Å². The predicted octanol–water partition coefficient (Wildman–Crippen LogP) is 3.45. The largest absolute Gasteiger partial charge is 0.471 e. The van der Waals surface area contributed by atoms with Gasteiger partial charge in [-0.1, -0.05) is 30.3 Å². The van der Waals surface area contributed by atoms with E-state index >= 15 is 0 Å². The van der Waals surface area contributed by atoms with Crippen LogP contribution in [0.25, 0.3) is 17.2 Å². The standard InChI is InChI=1S/C17H14F3N5O/c1-10-8-11(2)22-16(21-10)25-14(23-15(26)17(18,19)20)9-13(24-25)12-6-4-3-5-7-12/h3-9H,1-2H3,(H,23,26). The number of hydrogen-bond acceptors (Lipinski definition) is 4. The Bertz CT molecular complexity index is 931. The molecular formula is C17H14F3N5O. The number of amides is 1. The number of halogens is 3. The lowest BCUT2D eigenvalue weighted by molar-refractivity contribution is -0.167. The van der Waals surface area contributed by atoms with Gasteiger partial charge in [-0.2, -0.15) is 23.0 Å². The smallest absolute Gasteiger partial charge is 0.303 e. The number of nitrogens with one attached hydrogen (secondary N) is 1. The number of aromatic nitrogens is 4. The Balaban J connectivity index is 2.11. The van der Waals surface area contributed by atoms with Gasteiger partial charge in [0.1, 0.15) is 5.82 Å². The Hall–Kier alpha value is -3.23. The van der Waals surface area contributed by atoms with Gasteiger partial charge in [-0.25, -0.2) is 9.97 Å². The number of alkyl halides is 3. The van der Waals surface area contributed by atoms with Crippen LogP contribution >= 0.6 is 0 Å². The molecule has 2 aromatic heterocycles. The first-order chi connectivity index (χ1) is 12.2. The molecule has 3 aromatic rings. The average Bonchev–Trinajstić information content (AvgIpc) is 2.98. The number of rotatable bonds is 3. The van der Waals surface area contributed by atoms with E-state index in [9.17, 15) is 18.0 Å². The van der Waals surface area contributed by atoms with E-state index in [0.717, 1.165) is 4.68 Å². The minimum atomic E-state index is -5.02. The molecule has 3 rings (SSSR count). The molecule has 0 aliphatic rings. The molecule has 0 fully saturated rings. The van der Waals surface area contributed by atoms with Crippen molar-refractivity contribution in [1.29, 1.82) is 0 Å². The van der Waals surface area contributed by atoms with Crippen molar-refractivity contribution in [2.75, 3.05) is 5.32 Å². The van der Waals surface area contributed by atoms with Crippen LogP contribution in [0.3, 0.4) is 0 Å². The Kier molecular flexibility index (Phi) is 4.45. The molecule has 0 unspecified atom stereocenters. The number of anilines is 1. The second kappa shape index (κ2) is 6.58. The molecule has 1 amide bonds. The minimum absolute atomic E-state index is 0.0714. The Labute approximate surface area is 146 Å². The van der Waals surface area contributed by atoms with Crippen LogP contribution in [0.2, 0.25) is 0 Å². The van der Waals surface area contributed by atoms with Crippen molar-refractivity contribution in [3.05, 3.63) is 53.9 Å². The summed E-state index contributed by atoms with van der Waals surface area (Å²) in [4.78, 5) is 19.8. The third-order valence-electron chi connectivity index (χ3n) is 3.44. The summed E-state index contributed by atoms with van der Waals surface area (Å²) in [6.45, 7) is 3.46. The van der Waals surface area contributed by atoms with E-state index in [1.165, 1.54) is 6.07 Å². The lowest BCUT2D eigenvalue weighted by Gasteiger charge is -2.10. The van der Waals surface area contributed by atoms with Crippen molar-refractivity contribution < 1.29 is 18.0 Å². The van der Waals surface area contributed by atoms with Gasteiger partial charge in [-0.15, -0.1) is 0 Å². The van der Waals surface area contributed by atoms with Crippen molar-refractivity contribution in [2.24, 2.45) is 0 Å². The van der Waals surface area contributed by atoms with Crippen molar-refractivity contribution in [1.82, 2.24) is 19.7 Å². The second-order valence-corrected chi connectivity index (χ2v) is 5.60. The molecule has 1 aromatic carbocycles. The Morgan fingerprint density at radius 2 is 1.65 bits per heavy atom. The lowest BCUT2D eigenvalue weighted by Crippen LogP contribution is -2.31. The molecule has 0 atom stereocenters. The first-order valence-electron chi connectivity index (χ1n) is 7.60. The number of benzene rings is 1. The van der Waals surface area contributed by atoms with E-state index in [0.29, 0.717) is 22.6 Å². The van der Waals surface area contributed by atoms with E-state index in [4.69, 9.17) is 0 Å². The zero-order valence-electron chi connectivity index (χ0n) is 13.9. The first kappa shape index (κ1) is 17.6. The molecule has 6 nitrogen and oxygen atoms in total. The van der Waals surface area contributed by atoms with Crippen LogP contribution in [0.15, 0.2) is 42.5 Å². The van der Waals surface area contributed by atoms with E-state index in [-0.39, 0.29) is 11.8 Å². The highest BCUT2D eigenvalue weighted by atomic mass is 19.4. The van der Waals surface area contributed by atoms with E-state index in [1.54, 1.807) is 50.2 Å². The number of aryl methyl sites for hydroxylation is 2. The van der Waals surface area contributed by atoms with Crippen LogP contribution in [0, 0.1) is 13.8 Å². The van der Waals surface area contributed by atoms with Crippen molar-refractivity contribution in [3.63, 3.8) is 0 Å². The lowest BCUT2D eigenvalue weighted by atomic mass is 10.2. The van der Waals surface area contributed by atoms with Gasteiger partial charge < -0.3 is 5.32 Å². The summed E-state index contributed by atoms with van der Waals surface area (Å²) in [5, 5.41) is 6.11. The zero-order valence-corrected chi connectivity index (χ0v) is 13.9. The third-order valence-corrected chi connectivity index (χ3v) is 3.44. The summed E-state index contributed by atoms with van der Waals surface area (Å²) in [6, 6.07) is 11.9. The maximum absolute atomic E-state index is 12.7. The first-order valence-corrected chi connectivity index (χ1v) is 7.60. The molecule has 26 heavy (non-hydrogen) atoms. The number of hydrogen-bond donors (Lipinski definition) is 1. The molecule has 0 radical (unpaired) electrons. The Morgan fingerprint density at radius 1 is 1.04 bits per heavy atom. The SMILES string of the molecule is Cc1cc(C)nc(-n2nc(-c3ccccc3)cc2NC(=O)C(F)(F)F)n1. The maximum Gasteiger partial charge on any atom is 0.471 e. The van der Waals surface area contributed by atoms with Crippen molar-refractivity contribution in [3.8, 4) is 17.2 Å². The maximum atomic E-state index is 12.7. The summed E-state index contributed by atoms with van der Waals surface area (Å²) < 4.78 is 39.1. The van der Waals surface area contributed by atoms with E-state index in [1.807, 2.05) is 5.32 Å². The van der Waals surface area contributed by atoms with Gasteiger partial charge in [0.2, 0.25) is 0 Å². The van der Waals surface area contributed by atoms with Gasteiger partial charge in [0.15, 0.2) is 0 Å². The predicted molar refractivity (Wildman–Crippen MR) is 88.7 cm³/mol. The summed E-state index contributed by atoms with van der Waals surface area (Å²) in [7, 11) is 0. The summed E-state index contributed by atoms with van der Waals surface area (Å²) >= 11 is 0. The molecule has 1 N–H and O–H groups in total. The molecule has 134 valence electrons. The molecule has 0 aliphatic heterocycles. The fraction of sp³-hybridized carbons (Fsp3) is 0.176. The summed E-state index contributed by atoms with van der Waals surface area (Å²) in [5.41, 5.74) is 2.30. The molecular weight excluding hydrogens is 347 g/mol. The molecule has 0 aliphatic carbocycles. The second-order valence-electron chi connectivity index (χ2n) is 5.60. The van der Waals surface area contributed by atoms with Gasteiger partial charge in [-0.05, 0) is 19.9 Å². The molecule has 2 heterocycles. The highest BCUT2D eigenvalue weighted by Gasteiger charge is 2.39. The summed E-state index contributed by atoms with van der Waals surface area (Å²) in [6.07, 6.45) is -5.02. The summed E-state index contributed by atoms with van der Waals surface area (Å²) in [5.74, 6) is -2.19. The normalized spacial score (nSPS) is 11.4. The van der Waals surface area contributed by atoms with Crippen molar-refractivity contribution >= 4 is 11.7 Å². The van der Waals surface area contributed by atoms with Gasteiger partial charge in [-0.3, -0.25) is 4.79 Å².